The molecule has 2 amide bonds. The molecule has 1 heterocycles. The van der Waals surface area contributed by atoms with Crippen LogP contribution in [0, 0.1) is 0 Å². The van der Waals surface area contributed by atoms with Gasteiger partial charge in [-0.05, 0) is 43.4 Å². The Bertz CT molecular complexity index is 899. The Morgan fingerprint density at radius 1 is 1.06 bits per heavy atom. The van der Waals surface area contributed by atoms with E-state index >= 15 is 0 Å². The molecule has 3 rings (SSSR count). The molecule has 180 valence electrons. The number of carbonyl (C=O) groups is 2. The molecule has 0 aliphatic heterocycles. The van der Waals surface area contributed by atoms with Crippen LogP contribution in [-0.2, 0) is 28.0 Å². The molecule has 1 aromatic heterocycles. The molecule has 0 bridgehead atoms. The molecule has 2 N–H and O–H groups in total. The Morgan fingerprint density at radius 2 is 1.76 bits per heavy atom. The van der Waals surface area contributed by atoms with Crippen molar-refractivity contribution in [3.63, 3.8) is 0 Å². The first-order chi connectivity index (χ1) is 15.9. The molecule has 1 aromatic carbocycles. The second-order valence-electron chi connectivity index (χ2n) is 9.20. The third-order valence-electron chi connectivity index (χ3n) is 6.25. The highest BCUT2D eigenvalue weighted by Gasteiger charge is 2.38. The molecule has 0 saturated heterocycles. The zero-order valence-corrected chi connectivity index (χ0v) is 20.2. The number of rotatable bonds is 10. The van der Waals surface area contributed by atoms with Crippen molar-refractivity contribution in [2.75, 3.05) is 25.5 Å². The number of nitrogens with zero attached hydrogens (tertiary/aromatic N) is 3. The standard InChI is InChI=1S/C25H37N5O3/c1-19(31)28-25(16-6-4-5-7-17-25)24-27-23(33-29-24)15-14-22(32)26-18-8-9-20-10-12-21(13-11-20)30(2)3/h10-13H,4-9,14-18H2,1-3H3,(H,26,32)(H,28,31). The Hall–Kier alpha value is -2.90. The van der Waals surface area contributed by atoms with Gasteiger partial charge in [-0.15, -0.1) is 0 Å². The lowest BCUT2D eigenvalue weighted by Gasteiger charge is -2.30. The smallest absolute Gasteiger partial charge is 0.227 e. The Morgan fingerprint density at radius 3 is 2.39 bits per heavy atom. The van der Waals surface area contributed by atoms with Crippen molar-refractivity contribution in [3.8, 4) is 0 Å². The van der Waals surface area contributed by atoms with Crippen LogP contribution in [0.5, 0.6) is 0 Å². The van der Waals surface area contributed by atoms with Crippen molar-refractivity contribution >= 4 is 17.5 Å². The van der Waals surface area contributed by atoms with E-state index in [-0.39, 0.29) is 11.8 Å². The monoisotopic (exact) mass is 455 g/mol. The molecule has 1 aliphatic rings. The van der Waals surface area contributed by atoms with Gasteiger partial charge in [0.1, 0.15) is 5.54 Å². The minimum Gasteiger partial charge on any atom is -0.378 e. The number of hydrogen-bond donors (Lipinski definition) is 2. The molecule has 2 aromatic rings. The summed E-state index contributed by atoms with van der Waals surface area (Å²) in [7, 11) is 4.05. The van der Waals surface area contributed by atoms with Crippen LogP contribution in [0.2, 0.25) is 0 Å². The highest BCUT2D eigenvalue weighted by Crippen LogP contribution is 2.34. The first-order valence-electron chi connectivity index (χ1n) is 12.0. The summed E-state index contributed by atoms with van der Waals surface area (Å²) in [5.74, 6) is 0.866. The van der Waals surface area contributed by atoms with Gasteiger partial charge in [0, 0.05) is 46.1 Å². The van der Waals surface area contributed by atoms with E-state index in [0.717, 1.165) is 51.4 Å². The van der Waals surface area contributed by atoms with Crippen molar-refractivity contribution in [2.24, 2.45) is 0 Å². The van der Waals surface area contributed by atoms with E-state index in [0.29, 0.717) is 31.1 Å². The van der Waals surface area contributed by atoms with Crippen molar-refractivity contribution in [3.05, 3.63) is 41.5 Å². The average Bonchev–Trinajstić information content (AvgIpc) is 3.15. The zero-order valence-electron chi connectivity index (χ0n) is 20.2. The molecular weight excluding hydrogens is 418 g/mol. The fraction of sp³-hybridized carbons (Fsp3) is 0.600. The van der Waals surface area contributed by atoms with E-state index in [1.54, 1.807) is 0 Å². The van der Waals surface area contributed by atoms with Gasteiger partial charge in [-0.2, -0.15) is 4.98 Å². The summed E-state index contributed by atoms with van der Waals surface area (Å²) in [6.45, 7) is 2.16. The van der Waals surface area contributed by atoms with Gasteiger partial charge < -0.3 is 20.1 Å². The van der Waals surface area contributed by atoms with Gasteiger partial charge in [0.2, 0.25) is 17.7 Å². The molecule has 0 atom stereocenters. The van der Waals surface area contributed by atoms with Gasteiger partial charge in [0.15, 0.2) is 5.82 Å². The molecule has 8 heteroatoms. The third-order valence-corrected chi connectivity index (χ3v) is 6.25. The van der Waals surface area contributed by atoms with Crippen LogP contribution in [0.3, 0.4) is 0 Å². The molecule has 0 radical (unpaired) electrons. The maximum Gasteiger partial charge on any atom is 0.227 e. The molecule has 1 aliphatic carbocycles. The summed E-state index contributed by atoms with van der Waals surface area (Å²) in [6, 6.07) is 8.48. The quantitative estimate of drug-likeness (QED) is 0.420. The maximum atomic E-state index is 12.2. The average molecular weight is 456 g/mol. The van der Waals surface area contributed by atoms with Crippen molar-refractivity contribution < 1.29 is 14.1 Å². The SMILES string of the molecule is CC(=O)NC1(c2noc(CCC(=O)NCCCc3ccc(N(C)C)cc3)n2)CCCCCC1. The highest BCUT2D eigenvalue weighted by molar-refractivity contribution is 5.76. The minimum atomic E-state index is -0.558. The van der Waals surface area contributed by atoms with Crippen LogP contribution in [0.25, 0.3) is 0 Å². The minimum absolute atomic E-state index is 0.0243. The molecule has 0 unspecified atom stereocenters. The number of hydrogen-bond acceptors (Lipinski definition) is 6. The lowest BCUT2D eigenvalue weighted by atomic mass is 9.89. The Balaban J connectivity index is 1.43. The second-order valence-corrected chi connectivity index (χ2v) is 9.20. The van der Waals surface area contributed by atoms with Gasteiger partial charge in [0.05, 0.1) is 0 Å². The summed E-state index contributed by atoms with van der Waals surface area (Å²) < 4.78 is 5.43. The predicted octanol–water partition coefficient (Wildman–Crippen LogP) is 3.50. The first-order valence-corrected chi connectivity index (χ1v) is 12.0. The topological polar surface area (TPSA) is 100 Å². The molecule has 8 nitrogen and oxygen atoms in total. The third kappa shape index (κ3) is 7.30. The summed E-state index contributed by atoms with van der Waals surface area (Å²) in [4.78, 5) is 30.7. The van der Waals surface area contributed by atoms with E-state index in [1.165, 1.54) is 18.2 Å². The lowest BCUT2D eigenvalue weighted by molar-refractivity contribution is -0.122. The molecule has 33 heavy (non-hydrogen) atoms. The summed E-state index contributed by atoms with van der Waals surface area (Å²) >= 11 is 0. The number of benzene rings is 1. The highest BCUT2D eigenvalue weighted by atomic mass is 16.5. The van der Waals surface area contributed by atoms with Crippen molar-refractivity contribution in [2.45, 2.75) is 76.7 Å². The van der Waals surface area contributed by atoms with Gasteiger partial charge in [-0.1, -0.05) is 43.0 Å². The zero-order chi connectivity index (χ0) is 23.7. The second kappa shape index (κ2) is 11.8. The van der Waals surface area contributed by atoms with Crippen LogP contribution >= 0.6 is 0 Å². The largest absolute Gasteiger partial charge is 0.378 e. The maximum absolute atomic E-state index is 12.2. The number of aryl methyl sites for hydroxylation is 2. The van der Waals surface area contributed by atoms with Crippen LogP contribution < -0.4 is 15.5 Å². The fourth-order valence-electron chi connectivity index (χ4n) is 4.41. The van der Waals surface area contributed by atoms with Gasteiger partial charge in [-0.3, -0.25) is 9.59 Å². The van der Waals surface area contributed by atoms with Crippen molar-refractivity contribution in [1.82, 2.24) is 20.8 Å². The summed E-state index contributed by atoms with van der Waals surface area (Å²) in [5, 5.41) is 10.2. The van der Waals surface area contributed by atoms with E-state index in [2.05, 4.69) is 49.9 Å². The van der Waals surface area contributed by atoms with Crippen LogP contribution in [0.1, 0.15) is 75.6 Å². The number of carbonyl (C=O) groups excluding carboxylic acids is 2. The Labute approximate surface area is 196 Å². The van der Waals surface area contributed by atoms with Crippen LogP contribution in [-0.4, -0.2) is 42.6 Å². The molecular formula is C25H37N5O3. The van der Waals surface area contributed by atoms with Gasteiger partial charge in [0.25, 0.3) is 0 Å². The van der Waals surface area contributed by atoms with E-state index in [1.807, 2.05) is 14.1 Å². The summed E-state index contributed by atoms with van der Waals surface area (Å²) in [6.07, 6.45) is 8.45. The number of anilines is 1. The fourth-order valence-corrected chi connectivity index (χ4v) is 4.41. The number of aromatic nitrogens is 2. The normalized spacial score (nSPS) is 15.5. The molecule has 0 spiro atoms. The number of nitrogens with one attached hydrogen (secondary N) is 2. The van der Waals surface area contributed by atoms with Gasteiger partial charge >= 0.3 is 0 Å². The van der Waals surface area contributed by atoms with E-state index in [4.69, 9.17) is 4.52 Å². The van der Waals surface area contributed by atoms with Gasteiger partial charge in [-0.25, -0.2) is 0 Å². The van der Waals surface area contributed by atoms with E-state index < -0.39 is 5.54 Å². The lowest BCUT2D eigenvalue weighted by Crippen LogP contribution is -2.45. The van der Waals surface area contributed by atoms with Crippen LogP contribution in [0.15, 0.2) is 28.8 Å². The van der Waals surface area contributed by atoms with E-state index in [9.17, 15) is 9.59 Å². The molecule has 1 saturated carbocycles. The van der Waals surface area contributed by atoms with Crippen LogP contribution in [0.4, 0.5) is 5.69 Å². The van der Waals surface area contributed by atoms with Crippen molar-refractivity contribution in [1.29, 1.82) is 0 Å². The predicted molar refractivity (Wildman–Crippen MR) is 128 cm³/mol. The first kappa shape index (κ1) is 24.7. The molecule has 1 fully saturated rings. The number of amides is 2. The summed E-state index contributed by atoms with van der Waals surface area (Å²) in [5.41, 5.74) is 1.88. The Kier molecular flexibility index (Phi) is 8.86.